The van der Waals surface area contributed by atoms with Gasteiger partial charge in [-0.15, -0.1) is 0 Å². The topological polar surface area (TPSA) is 159 Å². The minimum absolute atomic E-state index is 0.104. The van der Waals surface area contributed by atoms with Gasteiger partial charge in [0.25, 0.3) is 0 Å². The number of ether oxygens (including phenoxy) is 8. The smallest absolute Gasteiger partial charge is 0.308 e. The molecule has 0 N–H and O–H groups in total. The number of carbonyl (C=O) groups is 5. The van der Waals surface area contributed by atoms with Gasteiger partial charge in [-0.3, -0.25) is 24.0 Å². The van der Waals surface area contributed by atoms with Gasteiger partial charge < -0.3 is 37.9 Å². The molecule has 0 aromatic heterocycles. The fourth-order valence-electron chi connectivity index (χ4n) is 4.65. The maximum Gasteiger partial charge on any atom is 0.308 e. The number of fused-ring (bicyclic) bond motifs is 1. The van der Waals surface area contributed by atoms with Crippen molar-refractivity contribution in [1.82, 2.24) is 0 Å². The third kappa shape index (κ3) is 8.37. The Morgan fingerprint density at radius 2 is 1.40 bits per heavy atom. The van der Waals surface area contributed by atoms with Gasteiger partial charge in [0.15, 0.2) is 35.2 Å². The third-order valence-corrected chi connectivity index (χ3v) is 6.30. The molecule has 0 unspecified atom stereocenters. The van der Waals surface area contributed by atoms with Crippen molar-refractivity contribution >= 4 is 29.8 Å². The number of hydrogen-bond donors (Lipinski definition) is 0. The van der Waals surface area contributed by atoms with Gasteiger partial charge in [-0.25, -0.2) is 0 Å². The molecule has 0 saturated heterocycles. The number of hydrogen-bond acceptors (Lipinski definition) is 13. The highest BCUT2D eigenvalue weighted by atomic mass is 16.6. The minimum Gasteiger partial charge on any atom is -0.493 e. The van der Waals surface area contributed by atoms with Crippen LogP contribution in [0.5, 0.6) is 23.0 Å². The fourth-order valence-corrected chi connectivity index (χ4v) is 4.65. The second kappa shape index (κ2) is 14.4. The molecule has 0 radical (unpaired) electrons. The molecular formula is C30H34O13. The van der Waals surface area contributed by atoms with Crippen LogP contribution in [0.15, 0.2) is 30.3 Å². The number of benzene rings is 2. The summed E-state index contributed by atoms with van der Waals surface area (Å²) in [5.74, 6) is -2.58. The highest BCUT2D eigenvalue weighted by Crippen LogP contribution is 2.52. The third-order valence-electron chi connectivity index (χ3n) is 6.30. The highest BCUT2D eigenvalue weighted by molar-refractivity contribution is 5.71. The van der Waals surface area contributed by atoms with Crippen molar-refractivity contribution in [1.29, 1.82) is 0 Å². The average molecular weight is 603 g/mol. The zero-order valence-corrected chi connectivity index (χ0v) is 24.9. The molecule has 0 fully saturated rings. The van der Waals surface area contributed by atoms with Crippen LogP contribution in [-0.4, -0.2) is 63.4 Å². The van der Waals surface area contributed by atoms with Gasteiger partial charge in [0.2, 0.25) is 0 Å². The summed E-state index contributed by atoms with van der Waals surface area (Å²) in [4.78, 5) is 59.0. The fraction of sp³-hybridized carbons (Fsp3) is 0.433. The zero-order chi connectivity index (χ0) is 31.8. The Hall–Kier alpha value is -4.81. The maximum atomic E-state index is 12.2. The summed E-state index contributed by atoms with van der Waals surface area (Å²) in [5, 5.41) is 0. The Balaban J connectivity index is 2.15. The summed E-state index contributed by atoms with van der Waals surface area (Å²) in [6.45, 7) is 5.59. The number of rotatable bonds is 12. The van der Waals surface area contributed by atoms with Crippen molar-refractivity contribution < 1.29 is 61.9 Å². The van der Waals surface area contributed by atoms with E-state index in [-0.39, 0.29) is 23.9 Å². The Labute approximate surface area is 248 Å². The molecular weight excluding hydrogens is 568 g/mol. The minimum atomic E-state index is -1.21. The van der Waals surface area contributed by atoms with Crippen molar-refractivity contribution in [3.05, 3.63) is 47.0 Å². The lowest BCUT2D eigenvalue weighted by molar-refractivity contribution is -0.173. The van der Waals surface area contributed by atoms with Crippen molar-refractivity contribution in [2.24, 2.45) is 0 Å². The molecule has 0 bridgehead atoms. The highest BCUT2D eigenvalue weighted by Gasteiger charge is 2.41. The van der Waals surface area contributed by atoms with E-state index in [1.165, 1.54) is 48.8 Å². The van der Waals surface area contributed by atoms with Gasteiger partial charge in [-0.2, -0.15) is 0 Å². The molecule has 13 heteroatoms. The monoisotopic (exact) mass is 602 g/mol. The molecule has 0 aliphatic carbocycles. The van der Waals surface area contributed by atoms with Gasteiger partial charge in [0.1, 0.15) is 19.3 Å². The van der Waals surface area contributed by atoms with E-state index in [4.69, 9.17) is 37.9 Å². The Bertz CT molecular complexity index is 1380. The van der Waals surface area contributed by atoms with E-state index in [1.807, 2.05) is 0 Å². The summed E-state index contributed by atoms with van der Waals surface area (Å²) in [6, 6.07) is 8.09. The molecule has 232 valence electrons. The predicted octanol–water partition coefficient (Wildman–Crippen LogP) is 3.51. The molecule has 1 aliphatic heterocycles. The molecule has 3 rings (SSSR count). The molecule has 4 atom stereocenters. The van der Waals surface area contributed by atoms with E-state index in [0.717, 1.165) is 0 Å². The lowest BCUT2D eigenvalue weighted by Crippen LogP contribution is -2.33. The first-order valence-corrected chi connectivity index (χ1v) is 13.2. The molecule has 0 saturated carbocycles. The maximum absolute atomic E-state index is 12.2. The lowest BCUT2D eigenvalue weighted by atomic mass is 9.89. The molecule has 1 heterocycles. The standard InChI is InChI=1S/C30H34O13/c1-15(31)38-13-23-22-10-21(29(42-19(5)35)27(41-18(4)34)14-39-16(2)32)12-26(37-7)30(22)43-28(23)20-8-9-24(40-17(3)33)25(11-20)36-6/h8-12,23,27-29H,13-14H2,1-7H3/t23-,27+,28+,29+/m0/s1. The van der Waals surface area contributed by atoms with Gasteiger partial charge in [-0.05, 0) is 29.8 Å². The molecule has 13 nitrogen and oxygen atoms in total. The second-order valence-electron chi connectivity index (χ2n) is 9.57. The van der Waals surface area contributed by atoms with E-state index in [9.17, 15) is 24.0 Å². The van der Waals surface area contributed by atoms with Crippen LogP contribution in [0.3, 0.4) is 0 Å². The summed E-state index contributed by atoms with van der Waals surface area (Å²) in [7, 11) is 2.84. The van der Waals surface area contributed by atoms with Crippen LogP contribution in [0, 0.1) is 0 Å². The van der Waals surface area contributed by atoms with Crippen molar-refractivity contribution in [2.75, 3.05) is 27.4 Å². The quantitative estimate of drug-likeness (QED) is 0.197. The van der Waals surface area contributed by atoms with Gasteiger partial charge in [0.05, 0.1) is 20.1 Å². The number of methoxy groups -OCH3 is 2. The van der Waals surface area contributed by atoms with E-state index < -0.39 is 60.7 Å². The predicted molar refractivity (Wildman–Crippen MR) is 147 cm³/mol. The van der Waals surface area contributed by atoms with Crippen molar-refractivity contribution in [3.63, 3.8) is 0 Å². The Morgan fingerprint density at radius 1 is 0.744 bits per heavy atom. The summed E-state index contributed by atoms with van der Waals surface area (Å²) >= 11 is 0. The van der Waals surface area contributed by atoms with Crippen LogP contribution >= 0.6 is 0 Å². The van der Waals surface area contributed by atoms with Crippen molar-refractivity contribution in [2.45, 2.75) is 58.8 Å². The van der Waals surface area contributed by atoms with Gasteiger partial charge in [0, 0.05) is 45.7 Å². The van der Waals surface area contributed by atoms with Crippen molar-refractivity contribution in [3.8, 4) is 23.0 Å². The van der Waals surface area contributed by atoms with Crippen LogP contribution in [0.25, 0.3) is 0 Å². The van der Waals surface area contributed by atoms with E-state index in [1.54, 1.807) is 30.3 Å². The molecule has 43 heavy (non-hydrogen) atoms. The van der Waals surface area contributed by atoms with Gasteiger partial charge >= 0.3 is 29.8 Å². The number of carbonyl (C=O) groups excluding carboxylic acids is 5. The van der Waals surface area contributed by atoms with Crippen LogP contribution in [-0.2, 0) is 42.9 Å². The molecule has 0 spiro atoms. The number of esters is 5. The second-order valence-corrected chi connectivity index (χ2v) is 9.57. The molecule has 1 aliphatic rings. The lowest BCUT2D eigenvalue weighted by Gasteiger charge is -2.27. The summed E-state index contributed by atoms with van der Waals surface area (Å²) in [5.41, 5.74) is 1.48. The Kier molecular flexibility index (Phi) is 10.9. The average Bonchev–Trinajstić information content (AvgIpc) is 3.30. The largest absolute Gasteiger partial charge is 0.493 e. The first-order valence-electron chi connectivity index (χ1n) is 13.2. The normalized spacial score (nSPS) is 16.4. The van der Waals surface area contributed by atoms with E-state index in [2.05, 4.69) is 0 Å². The van der Waals surface area contributed by atoms with E-state index >= 15 is 0 Å². The van der Waals surface area contributed by atoms with Crippen LogP contribution in [0.4, 0.5) is 0 Å². The summed E-state index contributed by atoms with van der Waals surface area (Å²) in [6.07, 6.45) is -3.14. The van der Waals surface area contributed by atoms with Crippen LogP contribution in [0.2, 0.25) is 0 Å². The SMILES string of the molecule is COc1cc([C@H]2Oc3c(OC)cc([C@@H](OC(C)=O)[C@@H](COC(C)=O)OC(C)=O)cc3[C@@H]2COC(C)=O)ccc1OC(C)=O. The molecule has 0 amide bonds. The van der Waals surface area contributed by atoms with Crippen LogP contribution in [0.1, 0.15) is 69.4 Å². The first kappa shape index (κ1) is 32.7. The van der Waals surface area contributed by atoms with E-state index in [0.29, 0.717) is 22.4 Å². The molecule has 2 aromatic rings. The van der Waals surface area contributed by atoms with Crippen LogP contribution < -0.4 is 18.9 Å². The Morgan fingerprint density at radius 3 is 1.95 bits per heavy atom. The first-order chi connectivity index (χ1) is 20.3. The molecule has 2 aromatic carbocycles. The van der Waals surface area contributed by atoms with Gasteiger partial charge in [-0.1, -0.05) is 6.07 Å². The zero-order valence-electron chi connectivity index (χ0n) is 24.9. The summed E-state index contributed by atoms with van der Waals surface area (Å²) < 4.78 is 44.1.